The topological polar surface area (TPSA) is 55.1 Å². The molecular formula is C12H12N2O2. The summed E-state index contributed by atoms with van der Waals surface area (Å²) in [6.07, 6.45) is 3.72. The Hall–Kier alpha value is -2.10. The molecule has 4 heteroatoms. The Morgan fingerprint density at radius 1 is 1.31 bits per heavy atom. The Kier molecular flexibility index (Phi) is 3.00. The molecule has 1 heterocycles. The number of benzene rings is 1. The van der Waals surface area contributed by atoms with E-state index in [1.165, 1.54) is 11.8 Å². The van der Waals surface area contributed by atoms with Gasteiger partial charge in [0.05, 0.1) is 12.5 Å². The van der Waals surface area contributed by atoms with E-state index in [4.69, 9.17) is 5.11 Å². The summed E-state index contributed by atoms with van der Waals surface area (Å²) in [5.74, 6) is -0.939. The van der Waals surface area contributed by atoms with E-state index in [0.717, 1.165) is 6.42 Å². The van der Waals surface area contributed by atoms with Crippen LogP contribution in [0.2, 0.25) is 0 Å². The van der Waals surface area contributed by atoms with Crippen molar-refractivity contribution >= 4 is 5.97 Å². The van der Waals surface area contributed by atoms with Gasteiger partial charge in [0, 0.05) is 6.54 Å². The Morgan fingerprint density at radius 3 is 2.75 bits per heavy atom. The summed E-state index contributed by atoms with van der Waals surface area (Å²) in [5.41, 5.74) is 1.42. The van der Waals surface area contributed by atoms with Crippen LogP contribution in [-0.4, -0.2) is 20.6 Å². The Morgan fingerprint density at radius 2 is 2.06 bits per heavy atom. The number of carboxylic acid groups (broad SMARTS) is 1. The molecule has 0 bridgehead atoms. The normalized spacial score (nSPS) is 10.2. The van der Waals surface area contributed by atoms with Crippen molar-refractivity contribution in [3.8, 4) is 0 Å². The highest BCUT2D eigenvalue weighted by molar-refractivity contribution is 5.85. The van der Waals surface area contributed by atoms with Crippen molar-refractivity contribution in [3.05, 3.63) is 54.1 Å². The number of imidazole rings is 1. The summed E-state index contributed by atoms with van der Waals surface area (Å²) in [7, 11) is 0. The van der Waals surface area contributed by atoms with E-state index in [2.05, 4.69) is 4.98 Å². The zero-order valence-electron chi connectivity index (χ0n) is 8.71. The maximum atomic E-state index is 10.8. The molecule has 0 fully saturated rings. The maximum Gasteiger partial charge on any atom is 0.354 e. The predicted octanol–water partition coefficient (Wildman–Crippen LogP) is 1.82. The van der Waals surface area contributed by atoms with Gasteiger partial charge in [-0.25, -0.2) is 9.78 Å². The molecule has 82 valence electrons. The third kappa shape index (κ3) is 2.28. The van der Waals surface area contributed by atoms with Crippen molar-refractivity contribution in [3.63, 3.8) is 0 Å². The number of aromatic carboxylic acids is 1. The van der Waals surface area contributed by atoms with E-state index in [9.17, 15) is 4.79 Å². The fourth-order valence-electron chi connectivity index (χ4n) is 1.57. The number of hydrogen-bond donors (Lipinski definition) is 1. The smallest absolute Gasteiger partial charge is 0.354 e. The summed E-state index contributed by atoms with van der Waals surface area (Å²) in [6.45, 7) is 0.631. The van der Waals surface area contributed by atoms with Crippen molar-refractivity contribution in [2.75, 3.05) is 0 Å². The quantitative estimate of drug-likeness (QED) is 0.848. The van der Waals surface area contributed by atoms with E-state index in [1.807, 2.05) is 30.3 Å². The number of nitrogens with zero attached hydrogens (tertiary/aromatic N) is 2. The molecule has 0 aliphatic carbocycles. The molecule has 16 heavy (non-hydrogen) atoms. The highest BCUT2D eigenvalue weighted by Gasteiger charge is 2.08. The largest absolute Gasteiger partial charge is 0.477 e. The SMILES string of the molecule is O=C(O)c1cncn1CCc1ccccc1. The minimum Gasteiger partial charge on any atom is -0.477 e. The lowest BCUT2D eigenvalue weighted by atomic mass is 10.1. The number of carbonyl (C=O) groups is 1. The van der Waals surface area contributed by atoms with Crippen LogP contribution in [0, 0.1) is 0 Å². The van der Waals surface area contributed by atoms with Gasteiger partial charge in [0.2, 0.25) is 0 Å². The van der Waals surface area contributed by atoms with Crippen molar-refractivity contribution < 1.29 is 9.90 Å². The third-order valence-electron chi connectivity index (χ3n) is 2.42. The molecule has 1 N–H and O–H groups in total. The lowest BCUT2D eigenvalue weighted by molar-refractivity contribution is 0.0685. The van der Waals surface area contributed by atoms with Crippen LogP contribution < -0.4 is 0 Å². The van der Waals surface area contributed by atoms with Gasteiger partial charge in [-0.3, -0.25) is 0 Å². The second kappa shape index (κ2) is 4.61. The molecule has 0 unspecified atom stereocenters. The zero-order chi connectivity index (χ0) is 11.4. The Balaban J connectivity index is 2.05. The lowest BCUT2D eigenvalue weighted by Crippen LogP contribution is -2.09. The number of aromatic nitrogens is 2. The summed E-state index contributed by atoms with van der Waals surface area (Å²) in [4.78, 5) is 14.7. The highest BCUT2D eigenvalue weighted by Crippen LogP contribution is 2.04. The number of aryl methyl sites for hydroxylation is 2. The van der Waals surface area contributed by atoms with Gasteiger partial charge in [-0.1, -0.05) is 30.3 Å². The lowest BCUT2D eigenvalue weighted by Gasteiger charge is -2.04. The fraction of sp³-hybridized carbons (Fsp3) is 0.167. The third-order valence-corrected chi connectivity index (χ3v) is 2.42. The molecule has 1 aromatic carbocycles. The molecule has 0 aliphatic heterocycles. The minimum absolute atomic E-state index is 0.232. The second-order valence-electron chi connectivity index (χ2n) is 3.51. The molecule has 0 saturated carbocycles. The number of rotatable bonds is 4. The Bertz CT molecular complexity index is 477. The molecule has 2 aromatic rings. The molecule has 0 aliphatic rings. The average molecular weight is 216 g/mol. The van der Waals surface area contributed by atoms with Crippen LogP contribution in [0.25, 0.3) is 0 Å². The Labute approximate surface area is 93.2 Å². The summed E-state index contributed by atoms with van der Waals surface area (Å²) >= 11 is 0. The van der Waals surface area contributed by atoms with E-state index in [1.54, 1.807) is 10.9 Å². The first kappa shape index (κ1) is 10.4. The zero-order valence-corrected chi connectivity index (χ0v) is 8.71. The number of carboxylic acids is 1. The van der Waals surface area contributed by atoms with Crippen LogP contribution in [0.4, 0.5) is 0 Å². The predicted molar refractivity (Wildman–Crippen MR) is 59.3 cm³/mol. The van der Waals surface area contributed by atoms with Crippen LogP contribution in [-0.2, 0) is 13.0 Å². The van der Waals surface area contributed by atoms with Crippen LogP contribution in [0.1, 0.15) is 16.1 Å². The van der Waals surface area contributed by atoms with Crippen LogP contribution in [0.3, 0.4) is 0 Å². The summed E-state index contributed by atoms with van der Waals surface area (Å²) in [5, 5.41) is 8.89. The monoisotopic (exact) mass is 216 g/mol. The van der Waals surface area contributed by atoms with Crippen molar-refractivity contribution in [2.45, 2.75) is 13.0 Å². The second-order valence-corrected chi connectivity index (χ2v) is 3.51. The standard InChI is InChI=1S/C12H12N2O2/c15-12(16)11-8-13-9-14(11)7-6-10-4-2-1-3-5-10/h1-5,8-9H,6-7H2,(H,15,16). The van der Waals surface area contributed by atoms with E-state index in [0.29, 0.717) is 6.54 Å². The molecule has 0 saturated heterocycles. The van der Waals surface area contributed by atoms with Crippen molar-refractivity contribution in [2.24, 2.45) is 0 Å². The molecule has 0 amide bonds. The summed E-state index contributed by atoms with van der Waals surface area (Å²) in [6, 6.07) is 9.96. The molecule has 2 rings (SSSR count). The van der Waals surface area contributed by atoms with Gasteiger partial charge in [0.25, 0.3) is 0 Å². The van der Waals surface area contributed by atoms with Gasteiger partial charge < -0.3 is 9.67 Å². The average Bonchev–Trinajstić information content (AvgIpc) is 2.76. The van der Waals surface area contributed by atoms with E-state index < -0.39 is 5.97 Å². The van der Waals surface area contributed by atoms with Gasteiger partial charge in [0.1, 0.15) is 5.69 Å². The van der Waals surface area contributed by atoms with Crippen molar-refractivity contribution in [1.82, 2.24) is 9.55 Å². The molecule has 0 atom stereocenters. The van der Waals surface area contributed by atoms with E-state index in [-0.39, 0.29) is 5.69 Å². The van der Waals surface area contributed by atoms with Gasteiger partial charge in [-0.2, -0.15) is 0 Å². The van der Waals surface area contributed by atoms with Gasteiger partial charge in [-0.15, -0.1) is 0 Å². The van der Waals surface area contributed by atoms with Crippen molar-refractivity contribution in [1.29, 1.82) is 0 Å². The minimum atomic E-state index is -0.939. The molecule has 1 aromatic heterocycles. The van der Waals surface area contributed by atoms with Crippen LogP contribution in [0.5, 0.6) is 0 Å². The van der Waals surface area contributed by atoms with E-state index >= 15 is 0 Å². The van der Waals surface area contributed by atoms with Crippen LogP contribution in [0.15, 0.2) is 42.9 Å². The highest BCUT2D eigenvalue weighted by atomic mass is 16.4. The fourth-order valence-corrected chi connectivity index (χ4v) is 1.57. The molecular weight excluding hydrogens is 204 g/mol. The van der Waals surface area contributed by atoms with Gasteiger partial charge >= 0.3 is 5.97 Å². The molecule has 0 radical (unpaired) electrons. The first-order valence-electron chi connectivity index (χ1n) is 5.05. The number of hydrogen-bond acceptors (Lipinski definition) is 2. The van der Waals surface area contributed by atoms with Gasteiger partial charge in [-0.05, 0) is 12.0 Å². The van der Waals surface area contributed by atoms with Gasteiger partial charge in [0.15, 0.2) is 0 Å². The molecule has 4 nitrogen and oxygen atoms in total. The summed E-state index contributed by atoms with van der Waals surface area (Å²) < 4.78 is 1.65. The first-order chi connectivity index (χ1) is 7.77. The maximum absolute atomic E-state index is 10.8. The first-order valence-corrected chi connectivity index (χ1v) is 5.05. The van der Waals surface area contributed by atoms with Crippen LogP contribution >= 0.6 is 0 Å². The molecule has 0 spiro atoms.